The van der Waals surface area contributed by atoms with E-state index in [-0.39, 0.29) is 12.3 Å². The second-order valence-corrected chi connectivity index (χ2v) is 5.23. The highest BCUT2D eigenvalue weighted by molar-refractivity contribution is 7.99. The van der Waals surface area contributed by atoms with Crippen LogP contribution in [0.1, 0.15) is 5.56 Å². The summed E-state index contributed by atoms with van der Waals surface area (Å²) in [5.74, 6) is 0. The number of nitrogens with zero attached hydrogens (tertiary/aromatic N) is 3. The first-order valence-electron chi connectivity index (χ1n) is 5.98. The molecule has 0 atom stereocenters. The van der Waals surface area contributed by atoms with Gasteiger partial charge in [0.25, 0.3) is 0 Å². The van der Waals surface area contributed by atoms with Crippen molar-refractivity contribution in [1.82, 2.24) is 19.7 Å². The number of pyridine rings is 1. The number of hydrogen-bond donors (Lipinski definition) is 2. The monoisotopic (exact) mass is 288 g/mol. The van der Waals surface area contributed by atoms with Crippen molar-refractivity contribution in [1.29, 1.82) is 0 Å². The Morgan fingerprint density at radius 1 is 1.40 bits per heavy atom. The van der Waals surface area contributed by atoms with Gasteiger partial charge in [0.05, 0.1) is 12.1 Å². The molecule has 6 nitrogen and oxygen atoms in total. The summed E-state index contributed by atoms with van der Waals surface area (Å²) in [6.07, 6.45) is 0. The molecular formula is C13H12N4O2S. The SMILES string of the molecule is Cn1c(Sc2nc3ccccc3cc2CO)n[nH]c1=O. The lowest BCUT2D eigenvalue weighted by molar-refractivity contribution is 0.278. The Balaban J connectivity index is 2.10. The number of fused-ring (bicyclic) bond motifs is 1. The van der Waals surface area contributed by atoms with Crippen molar-refractivity contribution in [2.24, 2.45) is 7.05 Å². The first kappa shape index (κ1) is 12.9. The molecule has 3 rings (SSSR count). The van der Waals surface area contributed by atoms with Gasteiger partial charge in [-0.1, -0.05) is 18.2 Å². The van der Waals surface area contributed by atoms with E-state index < -0.39 is 0 Å². The van der Waals surface area contributed by atoms with Gasteiger partial charge in [0.15, 0.2) is 5.16 Å². The van der Waals surface area contributed by atoms with E-state index in [0.29, 0.717) is 15.7 Å². The predicted molar refractivity (Wildman–Crippen MR) is 75.6 cm³/mol. The molecule has 2 aromatic heterocycles. The minimum atomic E-state index is -0.279. The molecule has 20 heavy (non-hydrogen) atoms. The Morgan fingerprint density at radius 3 is 2.90 bits per heavy atom. The third kappa shape index (κ3) is 2.21. The number of H-pyrrole nitrogens is 1. The average Bonchev–Trinajstić information content (AvgIpc) is 2.78. The third-order valence-corrected chi connectivity index (χ3v) is 4.05. The van der Waals surface area contributed by atoms with Crippen molar-refractivity contribution < 1.29 is 5.11 Å². The molecule has 3 aromatic rings. The van der Waals surface area contributed by atoms with Crippen molar-refractivity contribution >= 4 is 22.7 Å². The number of nitrogens with one attached hydrogen (secondary N) is 1. The molecule has 1 aromatic carbocycles. The summed E-state index contributed by atoms with van der Waals surface area (Å²) < 4.78 is 1.41. The van der Waals surface area contributed by atoms with Crippen molar-refractivity contribution in [3.63, 3.8) is 0 Å². The average molecular weight is 288 g/mol. The van der Waals surface area contributed by atoms with Crippen LogP contribution in [-0.4, -0.2) is 24.9 Å². The van der Waals surface area contributed by atoms with Gasteiger partial charge in [-0.05, 0) is 23.9 Å². The molecule has 0 spiro atoms. The fourth-order valence-electron chi connectivity index (χ4n) is 1.85. The maximum absolute atomic E-state index is 11.4. The summed E-state index contributed by atoms with van der Waals surface area (Å²) in [6, 6.07) is 9.59. The minimum absolute atomic E-state index is 0.113. The van der Waals surface area contributed by atoms with Gasteiger partial charge in [-0.3, -0.25) is 4.57 Å². The number of aromatic nitrogens is 4. The molecule has 0 unspecified atom stereocenters. The molecule has 0 bridgehead atoms. The van der Waals surface area contributed by atoms with Crippen LogP contribution in [0.25, 0.3) is 10.9 Å². The topological polar surface area (TPSA) is 83.8 Å². The number of para-hydroxylation sites is 1. The third-order valence-electron chi connectivity index (χ3n) is 2.96. The molecule has 0 fully saturated rings. The highest BCUT2D eigenvalue weighted by atomic mass is 32.2. The van der Waals surface area contributed by atoms with Gasteiger partial charge in [-0.25, -0.2) is 14.9 Å². The lowest BCUT2D eigenvalue weighted by Crippen LogP contribution is -2.12. The number of benzene rings is 1. The van der Waals surface area contributed by atoms with Crippen molar-refractivity contribution in [2.45, 2.75) is 16.8 Å². The number of hydrogen-bond acceptors (Lipinski definition) is 5. The summed E-state index contributed by atoms with van der Waals surface area (Å²) in [5, 5.41) is 17.9. The van der Waals surface area contributed by atoms with E-state index in [1.807, 2.05) is 30.3 Å². The smallest absolute Gasteiger partial charge is 0.343 e. The lowest BCUT2D eigenvalue weighted by Gasteiger charge is -2.07. The zero-order chi connectivity index (χ0) is 14.1. The van der Waals surface area contributed by atoms with Crippen LogP contribution in [0.15, 0.2) is 45.3 Å². The summed E-state index contributed by atoms with van der Waals surface area (Å²) in [4.78, 5) is 15.9. The van der Waals surface area contributed by atoms with E-state index in [9.17, 15) is 9.90 Å². The van der Waals surface area contributed by atoms with Gasteiger partial charge in [0.2, 0.25) is 0 Å². The van der Waals surface area contributed by atoms with E-state index in [1.54, 1.807) is 7.05 Å². The van der Waals surface area contributed by atoms with Crippen molar-refractivity contribution in [3.05, 3.63) is 46.4 Å². The zero-order valence-electron chi connectivity index (χ0n) is 10.7. The molecule has 7 heteroatoms. The van der Waals surface area contributed by atoms with Gasteiger partial charge >= 0.3 is 5.69 Å². The van der Waals surface area contributed by atoms with E-state index in [4.69, 9.17) is 0 Å². The van der Waals surface area contributed by atoms with Crippen LogP contribution in [-0.2, 0) is 13.7 Å². The Bertz CT molecular complexity index is 825. The van der Waals surface area contributed by atoms with Gasteiger partial charge in [0, 0.05) is 18.0 Å². The molecular weight excluding hydrogens is 276 g/mol. The second-order valence-electron chi connectivity index (χ2n) is 4.28. The Hall–Kier alpha value is -2.12. The molecule has 0 saturated heterocycles. The maximum Gasteiger partial charge on any atom is 0.343 e. The van der Waals surface area contributed by atoms with Crippen LogP contribution in [0, 0.1) is 0 Å². The quantitative estimate of drug-likeness (QED) is 0.759. The predicted octanol–water partition coefficient (Wildman–Crippen LogP) is 1.30. The highest BCUT2D eigenvalue weighted by Crippen LogP contribution is 2.29. The van der Waals surface area contributed by atoms with Gasteiger partial charge in [-0.2, -0.15) is 0 Å². The maximum atomic E-state index is 11.4. The van der Waals surface area contributed by atoms with Crippen LogP contribution in [0.3, 0.4) is 0 Å². The van der Waals surface area contributed by atoms with E-state index in [1.165, 1.54) is 16.3 Å². The fourth-order valence-corrected chi connectivity index (χ4v) is 2.74. The summed E-state index contributed by atoms with van der Waals surface area (Å²) in [5.41, 5.74) is 1.27. The molecule has 0 amide bonds. The summed E-state index contributed by atoms with van der Waals surface area (Å²) in [7, 11) is 1.63. The largest absolute Gasteiger partial charge is 0.392 e. The molecule has 0 radical (unpaired) electrons. The van der Waals surface area contributed by atoms with Crippen LogP contribution in [0.5, 0.6) is 0 Å². The zero-order valence-corrected chi connectivity index (χ0v) is 11.5. The summed E-state index contributed by atoms with van der Waals surface area (Å²) in [6.45, 7) is -0.113. The highest BCUT2D eigenvalue weighted by Gasteiger charge is 2.12. The van der Waals surface area contributed by atoms with Gasteiger partial charge < -0.3 is 5.11 Å². The first-order valence-corrected chi connectivity index (χ1v) is 6.79. The van der Waals surface area contributed by atoms with Crippen LogP contribution >= 0.6 is 11.8 Å². The van der Waals surface area contributed by atoms with Crippen LogP contribution < -0.4 is 5.69 Å². The van der Waals surface area contributed by atoms with Crippen LogP contribution in [0.4, 0.5) is 0 Å². The molecule has 0 aliphatic carbocycles. The van der Waals surface area contributed by atoms with E-state index in [2.05, 4.69) is 15.2 Å². The lowest BCUT2D eigenvalue weighted by atomic mass is 10.2. The number of aliphatic hydroxyl groups excluding tert-OH is 1. The van der Waals surface area contributed by atoms with Crippen molar-refractivity contribution in [2.75, 3.05) is 0 Å². The normalized spacial score (nSPS) is 11.1. The number of rotatable bonds is 3. The molecule has 2 N–H and O–H groups in total. The van der Waals surface area contributed by atoms with E-state index >= 15 is 0 Å². The number of aliphatic hydroxyl groups is 1. The standard InChI is InChI=1S/C13H12N4O2S/c1-17-12(19)15-16-13(17)20-11-9(7-18)6-8-4-2-3-5-10(8)14-11/h2-6,18H,7H2,1H3,(H,15,19). The summed E-state index contributed by atoms with van der Waals surface area (Å²) >= 11 is 1.25. The fraction of sp³-hybridized carbons (Fsp3) is 0.154. The van der Waals surface area contributed by atoms with Gasteiger partial charge in [-0.15, -0.1) is 5.10 Å². The Morgan fingerprint density at radius 2 is 2.20 bits per heavy atom. The molecule has 0 saturated carbocycles. The Labute approximate surface area is 118 Å². The van der Waals surface area contributed by atoms with Gasteiger partial charge in [0.1, 0.15) is 5.03 Å². The minimum Gasteiger partial charge on any atom is -0.392 e. The molecule has 0 aliphatic heterocycles. The molecule has 0 aliphatic rings. The van der Waals surface area contributed by atoms with E-state index in [0.717, 1.165) is 10.9 Å². The second kappa shape index (κ2) is 5.10. The first-order chi connectivity index (χ1) is 9.69. The van der Waals surface area contributed by atoms with Crippen molar-refractivity contribution in [3.8, 4) is 0 Å². The molecule has 102 valence electrons. The molecule has 2 heterocycles. The number of aromatic amines is 1. The Kier molecular flexibility index (Phi) is 3.29. The van der Waals surface area contributed by atoms with Crippen LogP contribution in [0.2, 0.25) is 0 Å².